The second-order valence-electron chi connectivity index (χ2n) is 10.2. The number of hydrogen-bond donors (Lipinski definition) is 0. The number of allylic oxidation sites excluding steroid dienone is 1. The molecule has 0 saturated carbocycles. The van der Waals surface area contributed by atoms with E-state index in [1.807, 2.05) is 0 Å². The molecule has 2 heteroatoms. The van der Waals surface area contributed by atoms with Crippen molar-refractivity contribution in [2.75, 3.05) is 0 Å². The third-order valence-electron chi connectivity index (χ3n) is 8.60. The minimum Gasteiger partial charge on any atom is -0.292 e. The Kier molecular flexibility index (Phi) is 3.27. The van der Waals surface area contributed by atoms with Crippen LogP contribution in [0.3, 0.4) is 0 Å². The molecule has 2 heterocycles. The Morgan fingerprint density at radius 2 is 1.37 bits per heavy atom. The first-order chi connectivity index (χ1) is 17.4. The Morgan fingerprint density at radius 1 is 0.600 bits per heavy atom. The van der Waals surface area contributed by atoms with Crippen LogP contribution < -0.4 is 0 Å². The molecule has 0 aliphatic heterocycles. The van der Waals surface area contributed by atoms with Crippen LogP contribution in [0.25, 0.3) is 44.3 Å². The summed E-state index contributed by atoms with van der Waals surface area (Å²) >= 11 is 0. The number of aromatic nitrogens is 2. The van der Waals surface area contributed by atoms with Crippen molar-refractivity contribution >= 4 is 33.2 Å². The molecule has 2 aromatic heterocycles. The molecule has 0 bridgehead atoms. The number of fused-ring (bicyclic) bond motifs is 15. The summed E-state index contributed by atoms with van der Waals surface area (Å²) in [6.45, 7) is 0. The Labute approximate surface area is 203 Å². The summed E-state index contributed by atoms with van der Waals surface area (Å²) in [6.07, 6.45) is 4.37. The molecular weight excluding hydrogens is 424 g/mol. The van der Waals surface area contributed by atoms with E-state index in [0.717, 1.165) is 36.8 Å². The molecule has 0 saturated heterocycles. The first kappa shape index (κ1) is 18.2. The number of nitrogens with zero attached hydrogens (tertiary/aromatic N) is 2. The average Bonchev–Trinajstić information content (AvgIpc) is 3.59. The van der Waals surface area contributed by atoms with E-state index in [4.69, 9.17) is 4.98 Å². The minimum absolute atomic E-state index is 1.06. The molecule has 0 spiro atoms. The summed E-state index contributed by atoms with van der Waals surface area (Å²) in [7, 11) is 0. The van der Waals surface area contributed by atoms with Crippen molar-refractivity contribution in [3.05, 3.63) is 124 Å². The van der Waals surface area contributed by atoms with Gasteiger partial charge in [-0.1, -0.05) is 72.3 Å². The van der Waals surface area contributed by atoms with Gasteiger partial charge in [0.15, 0.2) is 0 Å². The number of aryl methyl sites for hydroxylation is 1. The quantitative estimate of drug-likeness (QED) is 0.236. The predicted octanol–water partition coefficient (Wildman–Crippen LogP) is 7.52. The van der Waals surface area contributed by atoms with Crippen LogP contribution >= 0.6 is 0 Å². The van der Waals surface area contributed by atoms with Gasteiger partial charge in [0.2, 0.25) is 0 Å². The Bertz CT molecular complexity index is 1950. The molecule has 0 N–H and O–H groups in total. The van der Waals surface area contributed by atoms with Crippen LogP contribution in [0.1, 0.15) is 39.8 Å². The molecule has 0 unspecified atom stereocenters. The number of pyridine rings is 1. The summed E-state index contributed by atoms with van der Waals surface area (Å²) in [5, 5.41) is 1.37. The van der Waals surface area contributed by atoms with Crippen LogP contribution in [-0.4, -0.2) is 9.38 Å². The number of para-hydroxylation sites is 3. The van der Waals surface area contributed by atoms with Crippen LogP contribution in [0.2, 0.25) is 0 Å². The van der Waals surface area contributed by atoms with Gasteiger partial charge in [-0.15, -0.1) is 0 Å². The van der Waals surface area contributed by atoms with E-state index >= 15 is 0 Å². The van der Waals surface area contributed by atoms with Crippen LogP contribution in [0.15, 0.2) is 90.5 Å². The smallest absolute Gasteiger partial charge is 0.146 e. The van der Waals surface area contributed by atoms with Crippen molar-refractivity contribution < 1.29 is 0 Å². The zero-order valence-electron chi connectivity index (χ0n) is 19.3. The van der Waals surface area contributed by atoms with Crippen molar-refractivity contribution in [3.8, 4) is 11.1 Å². The van der Waals surface area contributed by atoms with Crippen LogP contribution in [0, 0.1) is 0 Å². The van der Waals surface area contributed by atoms with E-state index in [2.05, 4.69) is 89.3 Å². The number of rotatable bonds is 0. The highest BCUT2D eigenvalue weighted by Gasteiger charge is 2.34. The summed E-state index contributed by atoms with van der Waals surface area (Å²) in [4.78, 5) is 5.25. The topological polar surface area (TPSA) is 17.3 Å². The van der Waals surface area contributed by atoms with Gasteiger partial charge >= 0.3 is 0 Å². The van der Waals surface area contributed by atoms with Gasteiger partial charge in [0.1, 0.15) is 5.65 Å². The Hall–Kier alpha value is -4.17. The first-order valence-electron chi connectivity index (χ1n) is 12.6. The van der Waals surface area contributed by atoms with E-state index in [1.165, 1.54) is 55.4 Å². The van der Waals surface area contributed by atoms with E-state index in [0.29, 0.717) is 0 Å². The molecule has 2 nitrogen and oxygen atoms in total. The number of imidazole rings is 1. The minimum atomic E-state index is 1.06. The fourth-order valence-electron chi connectivity index (χ4n) is 7.16. The van der Waals surface area contributed by atoms with Crippen molar-refractivity contribution in [1.29, 1.82) is 0 Å². The van der Waals surface area contributed by atoms with Gasteiger partial charge in [0.25, 0.3) is 0 Å². The third kappa shape index (κ3) is 2.18. The zero-order chi connectivity index (χ0) is 22.7. The van der Waals surface area contributed by atoms with Gasteiger partial charge in [-0.3, -0.25) is 4.40 Å². The summed E-state index contributed by atoms with van der Waals surface area (Å²) in [5.74, 6) is 0. The van der Waals surface area contributed by atoms with Crippen molar-refractivity contribution in [1.82, 2.24) is 9.38 Å². The number of hydrogen-bond acceptors (Lipinski definition) is 1. The molecule has 0 amide bonds. The van der Waals surface area contributed by atoms with Gasteiger partial charge in [-0.05, 0) is 88.4 Å². The van der Waals surface area contributed by atoms with Gasteiger partial charge < -0.3 is 0 Å². The molecule has 3 aliphatic rings. The molecule has 164 valence electrons. The number of benzene rings is 4. The summed E-state index contributed by atoms with van der Waals surface area (Å²) in [6, 6.07) is 31.2. The maximum absolute atomic E-state index is 5.25. The van der Waals surface area contributed by atoms with Gasteiger partial charge in [-0.25, -0.2) is 4.98 Å². The van der Waals surface area contributed by atoms with E-state index < -0.39 is 0 Å². The molecule has 0 fully saturated rings. The van der Waals surface area contributed by atoms with Gasteiger partial charge in [0.05, 0.1) is 16.6 Å². The lowest BCUT2D eigenvalue weighted by molar-refractivity contribution is 0.899. The molecular formula is C33H22N2. The predicted molar refractivity (Wildman–Crippen MR) is 143 cm³/mol. The first-order valence-corrected chi connectivity index (χ1v) is 12.6. The fourth-order valence-corrected chi connectivity index (χ4v) is 7.16. The summed E-state index contributed by atoms with van der Waals surface area (Å²) in [5.41, 5.74) is 19.4. The van der Waals surface area contributed by atoms with Crippen molar-refractivity contribution in [2.24, 2.45) is 0 Å². The molecule has 35 heavy (non-hydrogen) atoms. The lowest BCUT2D eigenvalue weighted by atomic mass is 9.84. The molecule has 4 aromatic carbocycles. The van der Waals surface area contributed by atoms with Crippen LogP contribution in [-0.2, 0) is 19.3 Å². The van der Waals surface area contributed by atoms with Crippen molar-refractivity contribution in [2.45, 2.75) is 25.7 Å². The maximum atomic E-state index is 5.25. The lowest BCUT2D eigenvalue weighted by Crippen LogP contribution is -2.08. The molecule has 0 atom stereocenters. The van der Waals surface area contributed by atoms with Gasteiger partial charge in [0, 0.05) is 10.9 Å². The average molecular weight is 447 g/mol. The highest BCUT2D eigenvalue weighted by Crippen LogP contribution is 2.51. The second kappa shape index (κ2) is 6.28. The van der Waals surface area contributed by atoms with Gasteiger partial charge in [-0.2, -0.15) is 0 Å². The summed E-state index contributed by atoms with van der Waals surface area (Å²) < 4.78 is 2.40. The van der Waals surface area contributed by atoms with Crippen molar-refractivity contribution in [3.63, 3.8) is 0 Å². The third-order valence-corrected chi connectivity index (χ3v) is 8.60. The Morgan fingerprint density at radius 3 is 2.34 bits per heavy atom. The zero-order valence-corrected chi connectivity index (χ0v) is 19.3. The van der Waals surface area contributed by atoms with Crippen LogP contribution in [0.5, 0.6) is 0 Å². The molecule has 0 radical (unpaired) electrons. The highest BCUT2D eigenvalue weighted by molar-refractivity contribution is 6.04. The van der Waals surface area contributed by atoms with Crippen LogP contribution in [0.4, 0.5) is 0 Å². The van der Waals surface area contributed by atoms with E-state index in [9.17, 15) is 0 Å². The largest absolute Gasteiger partial charge is 0.292 e. The fraction of sp³-hybridized carbons (Fsp3) is 0.121. The maximum Gasteiger partial charge on any atom is 0.146 e. The second-order valence-corrected chi connectivity index (χ2v) is 10.2. The highest BCUT2D eigenvalue weighted by atomic mass is 15.0. The molecule has 9 rings (SSSR count). The van der Waals surface area contributed by atoms with E-state index in [-0.39, 0.29) is 0 Å². The normalized spacial score (nSPS) is 15.4. The lowest BCUT2D eigenvalue weighted by Gasteiger charge is -2.23. The molecule has 6 aromatic rings. The standard InChI is InChI=1S/C33H22N2/c1-2-8-21-19(7-1)17-26-22(21)15-16-25-27(26)18-20-13-14-24-23-9-3-5-11-29(23)35-30-12-6-4-10-28(30)34-33(35)32(24)31(20)25/h1-12,15-16H,13-14,17-18H2. The SMILES string of the molecule is c1ccc2c(c1)Cc1c-2ccc2c1CC1=C2c2c(c3ccccc3n3c2nc2ccccc23)CC1. The monoisotopic (exact) mass is 446 g/mol. The molecule has 3 aliphatic carbocycles. The Balaban J connectivity index is 1.38. The van der Waals surface area contributed by atoms with E-state index in [1.54, 1.807) is 16.7 Å².